The van der Waals surface area contributed by atoms with E-state index in [1.165, 1.54) is 98.2 Å². The van der Waals surface area contributed by atoms with Gasteiger partial charge in [0, 0.05) is 0 Å². The van der Waals surface area contributed by atoms with Crippen molar-refractivity contribution >= 4 is 164 Å². The number of aromatic nitrogens is 8. The molecule has 1 radical (unpaired) electrons. The summed E-state index contributed by atoms with van der Waals surface area (Å²) in [6.45, 7) is 0. The van der Waals surface area contributed by atoms with E-state index in [2.05, 4.69) is 310 Å². The molecule has 0 aliphatic carbocycles. The van der Waals surface area contributed by atoms with E-state index in [0.29, 0.717) is 21.7 Å². The number of nitrogens with zero attached hydrogens (tertiary/aromatic N) is 8. The summed E-state index contributed by atoms with van der Waals surface area (Å²) in [7, 11) is 0. The Kier molecular flexibility index (Phi) is 17.4. The topological polar surface area (TPSA) is 103 Å². The van der Waals surface area contributed by atoms with Crippen molar-refractivity contribution in [2.45, 2.75) is 0 Å². The Hall–Kier alpha value is -15.9. The Bertz CT molecular complexity index is 9920. The van der Waals surface area contributed by atoms with Crippen molar-refractivity contribution in [1.29, 1.82) is 0 Å². The van der Waals surface area contributed by atoms with Crippen molar-refractivity contribution in [3.05, 3.63) is 455 Å². The van der Waals surface area contributed by atoms with Crippen LogP contribution < -0.4 is 4.46 Å². The Morgan fingerprint density at radius 1 is 0.195 bits per heavy atom. The quantitative estimate of drug-likeness (QED) is 0.0880. The molecule has 0 N–H and O–H groups in total. The first-order chi connectivity index (χ1) is 71.6. The third kappa shape index (κ3) is 15.4. The molecule has 0 saturated heterocycles. The number of hydrogen-bond donors (Lipinski definition) is 0. The van der Waals surface area contributed by atoms with Crippen LogP contribution in [-0.2, 0) is 0 Å². The Morgan fingerprint density at radius 3 is 1.32 bits per heavy atom. The Balaban J connectivity index is 0.000000120. The van der Waals surface area contributed by atoms with E-state index >= 15 is 0 Å². The van der Waals surface area contributed by atoms with Crippen LogP contribution in [-0.4, -0.2) is 84.9 Å². The number of hydrogen-bond acceptors (Lipinski definition) is 8. The molecule has 133 heavy (non-hydrogen) atoms. The van der Waals surface area contributed by atoms with Crippen LogP contribution in [0.25, 0.3) is 250 Å². The van der Waals surface area contributed by atoms with Gasteiger partial charge in [0.1, 0.15) is 0 Å². The summed E-state index contributed by atoms with van der Waals surface area (Å²) < 4.78 is 126. The summed E-state index contributed by atoms with van der Waals surface area (Å²) in [5, 5.41) is 20.7. The molecule has 5 aromatic heterocycles. The van der Waals surface area contributed by atoms with Gasteiger partial charge in [-0.15, -0.1) is 0 Å². The molecule has 11 heteroatoms. The van der Waals surface area contributed by atoms with Gasteiger partial charge in [-0.3, -0.25) is 0 Å². The van der Waals surface area contributed by atoms with Gasteiger partial charge in [-0.05, 0) is 0 Å². The number of fused-ring (bicyclic) bond motifs is 16. The van der Waals surface area contributed by atoms with Crippen LogP contribution in [0.3, 0.4) is 0 Å². The van der Waals surface area contributed by atoms with E-state index in [0.717, 1.165) is 94.5 Å². The molecule has 8 nitrogen and oxygen atoms in total. The van der Waals surface area contributed by atoms with E-state index in [1.54, 1.807) is 12.1 Å². The molecule has 26 rings (SSSR count). The van der Waals surface area contributed by atoms with Gasteiger partial charge in [0.25, 0.3) is 0 Å². The van der Waals surface area contributed by atoms with Crippen molar-refractivity contribution < 1.29 is 19.2 Å². The van der Waals surface area contributed by atoms with Crippen LogP contribution in [0, 0.1) is 0 Å². The van der Waals surface area contributed by atoms with E-state index in [-0.39, 0.29) is 34.8 Å². The van der Waals surface area contributed by atoms with Gasteiger partial charge in [-0.1, -0.05) is 24.2 Å². The van der Waals surface area contributed by atoms with Crippen molar-refractivity contribution in [3.63, 3.8) is 0 Å². The SMILES string of the molecule is [2H]c1c([2H])c([2H])c(-c2nc(-c3cccc(-c4cccc(-c5ccc6ccccc6c5)c4)c3[Se])nc(-c3c([2H])c([2H])c(-c4c([2H])c([2H])c([2H])c([2H])c4[2H])c([2H])c3[2H])n2)c([2H])c1[2H].c1ccc(-c2nc(-c3ccc4ccc5c6ccccc6ccc5c4c3)nc(-c3cccc4c3[se]c3ccccc34)n2)cc1.c1ccc(-c2nc(-c3cccc4[se]c5c(-c6ccc7ccccc7c6)cccc5c34)nc3c2ccc2ccccc23)cc1. The summed E-state index contributed by atoms with van der Waals surface area (Å²) >= 11 is 3.47. The van der Waals surface area contributed by atoms with Gasteiger partial charge in [-0.2, -0.15) is 0 Å². The average molecular weight is 1900 g/mol. The molecule has 0 saturated carbocycles. The zero-order chi connectivity index (χ0) is 100. The molecule has 0 amide bonds. The van der Waals surface area contributed by atoms with Gasteiger partial charge in [0.15, 0.2) is 0 Å². The van der Waals surface area contributed by atoms with Crippen LogP contribution in [0.2, 0.25) is 0 Å². The van der Waals surface area contributed by atoms with Crippen LogP contribution in [0.4, 0.5) is 0 Å². The maximum atomic E-state index is 9.10. The van der Waals surface area contributed by atoms with E-state index in [1.807, 2.05) is 78.9 Å². The molecule has 0 atom stereocenters. The van der Waals surface area contributed by atoms with Gasteiger partial charge in [-0.25, -0.2) is 0 Å². The second-order valence-corrected chi connectivity index (χ2v) is 37.5. The monoisotopic (exact) mass is 1910 g/mol. The average Bonchev–Trinajstić information content (AvgIpc) is 1.50. The minimum absolute atomic E-state index is 0.0975. The van der Waals surface area contributed by atoms with E-state index in [4.69, 9.17) is 44.1 Å². The van der Waals surface area contributed by atoms with Crippen LogP contribution in [0.5, 0.6) is 0 Å². The molecule has 21 aromatic carbocycles. The first-order valence-electron chi connectivity index (χ1n) is 50.3. The molecular weight excluding hydrogens is 1810 g/mol. The second kappa shape index (κ2) is 34.8. The minimum atomic E-state index is -0.751. The number of rotatable bonds is 12. The van der Waals surface area contributed by atoms with Gasteiger partial charge < -0.3 is 0 Å². The maximum absolute atomic E-state index is 9.10. The van der Waals surface area contributed by atoms with Crippen molar-refractivity contribution in [2.75, 3.05) is 0 Å². The molecule has 0 fully saturated rings. The van der Waals surface area contributed by atoms with E-state index < -0.39 is 118 Å². The van der Waals surface area contributed by atoms with Crippen molar-refractivity contribution in [3.8, 4) is 135 Å². The Labute approximate surface area is 807 Å². The standard InChI is InChI=1S/C43H28N3Se.C40H24N2Se.C39H23N3Se/c47-40-38(37-18-9-17-35(28-37)36-26-23-30-13-7-8-16-34(30)27-36)19-10-20-39(40)43-45-41(32-14-5-2-6-15-32)44-42(46-43)33-24-21-31(22-25-33)29-11-3-1-4-12-29;1-2-12-27(13-3-1)37-34-23-22-26-11-6-7-15-30(26)38(34)42-40(41-37)33-18-9-19-35-36(33)32-17-8-16-31(39(32)43-35)29-21-20-25-10-4-5-14-28(25)24-29;1-2-10-26(11-3-1)37-40-38(42-39(41-37)33-15-8-14-32-31-13-6-7-16-35(31)43-36(32)33)27-18-17-25-20-21-29-28-12-5-4-9-24(28)19-22-30(29)34(25)23-27/h1-28H;1-24H;1-23H/i1D,2D,3D,4D,5D,6D,11D,12D,14D,15D,21D,22D,24D,25D;;. The van der Waals surface area contributed by atoms with Crippen LogP contribution >= 0.6 is 0 Å². The molecule has 0 bridgehead atoms. The zero-order valence-electron chi connectivity index (χ0n) is 84.5. The first-order valence-corrected chi connectivity index (χ1v) is 47.6. The summed E-state index contributed by atoms with van der Waals surface area (Å²) in [5.74, 6) is 1.92. The molecular formula is C122H75N8Se3. The summed E-state index contributed by atoms with van der Waals surface area (Å²) in [6.07, 6.45) is 0. The fraction of sp³-hybridized carbons (Fsp3) is 0. The van der Waals surface area contributed by atoms with E-state index in [9.17, 15) is 0 Å². The molecule has 0 aliphatic heterocycles. The van der Waals surface area contributed by atoms with Crippen LogP contribution in [0.15, 0.2) is 455 Å². The van der Waals surface area contributed by atoms with Gasteiger partial charge in [0.05, 0.1) is 4.11 Å². The van der Waals surface area contributed by atoms with Crippen molar-refractivity contribution in [1.82, 2.24) is 39.9 Å². The first kappa shape index (κ1) is 66.5. The Morgan fingerprint density at radius 2 is 0.602 bits per heavy atom. The molecule has 621 valence electrons. The molecule has 0 aliphatic rings. The van der Waals surface area contributed by atoms with Crippen LogP contribution in [0.1, 0.15) is 19.2 Å². The summed E-state index contributed by atoms with van der Waals surface area (Å²) in [5.41, 5.74) is 11.7. The predicted octanol–water partition coefficient (Wildman–Crippen LogP) is 29.8. The fourth-order valence-electron chi connectivity index (χ4n) is 17.8. The summed E-state index contributed by atoms with van der Waals surface area (Å²) in [4.78, 5) is 39.6. The third-order valence-corrected chi connectivity index (χ3v) is 30.3. The third-order valence-electron chi connectivity index (χ3n) is 24.2. The normalized spacial score (nSPS) is 13.0. The summed E-state index contributed by atoms with van der Waals surface area (Å²) in [6, 6.07) is 119. The molecule has 0 spiro atoms. The molecule has 0 unspecified atom stereocenters. The zero-order valence-corrected chi connectivity index (χ0v) is 75.7. The van der Waals surface area contributed by atoms with Crippen molar-refractivity contribution in [2.24, 2.45) is 0 Å². The second-order valence-electron chi connectivity index (χ2n) is 32.2. The fourth-order valence-corrected chi connectivity index (χ4v) is 23.7. The molecule has 26 aromatic rings. The predicted molar refractivity (Wildman–Crippen MR) is 559 cm³/mol. The molecule has 5 heterocycles. The number of benzene rings is 21. The van der Waals surface area contributed by atoms with Gasteiger partial charge in [0.2, 0.25) is 0 Å². The van der Waals surface area contributed by atoms with Gasteiger partial charge >= 0.3 is 784 Å².